The number of para-hydroxylation sites is 2. The summed E-state index contributed by atoms with van der Waals surface area (Å²) in [6.45, 7) is 0. The fourth-order valence-corrected chi connectivity index (χ4v) is 1.61. The third kappa shape index (κ3) is 10.9. The molecule has 0 aliphatic rings. The molecule has 0 amide bonds. The van der Waals surface area contributed by atoms with E-state index in [-0.39, 0.29) is 41.2 Å². The van der Waals surface area contributed by atoms with Gasteiger partial charge in [-0.25, -0.2) is 0 Å². The summed E-state index contributed by atoms with van der Waals surface area (Å²) >= 11 is 9.04. The fraction of sp³-hybridized carbons (Fsp3) is 0. The second kappa shape index (κ2) is 13.6. The van der Waals surface area contributed by atoms with Gasteiger partial charge in [0, 0.05) is 0 Å². The molecule has 0 aliphatic carbocycles. The first-order valence-corrected chi connectivity index (χ1v) is 7.91. The van der Waals surface area contributed by atoms with Gasteiger partial charge in [0.2, 0.25) is 0 Å². The van der Waals surface area contributed by atoms with Crippen LogP contribution in [-0.2, 0) is 19.5 Å². The van der Waals surface area contributed by atoms with Crippen LogP contribution in [0.4, 0.5) is 0 Å². The molecule has 2 aromatic carbocycles. The van der Waals surface area contributed by atoms with E-state index in [4.69, 9.17) is 11.5 Å². The Kier molecular flexibility index (Phi) is 12.3. The molecule has 0 saturated heterocycles. The molecule has 0 unspecified atom stereocenters. The van der Waals surface area contributed by atoms with Crippen molar-refractivity contribution in [2.45, 2.75) is 0 Å². The Bertz CT molecular complexity index is 750. The van der Waals surface area contributed by atoms with E-state index in [1.54, 1.807) is 36.4 Å². The number of benzene rings is 2. The van der Waals surface area contributed by atoms with Crippen molar-refractivity contribution in [3.8, 4) is 11.5 Å². The number of nitrogens with zero attached hydrogens (tertiary/aromatic N) is 2. The van der Waals surface area contributed by atoms with Crippen LogP contribution in [0.3, 0.4) is 0 Å². The zero-order chi connectivity index (χ0) is 19.4. The van der Waals surface area contributed by atoms with Crippen molar-refractivity contribution < 1.29 is 29.7 Å². The Labute approximate surface area is 180 Å². The Morgan fingerprint density at radius 2 is 1.11 bits per heavy atom. The zero-order valence-electron chi connectivity index (χ0n) is 14.2. The van der Waals surface area contributed by atoms with E-state index in [0.29, 0.717) is 11.1 Å². The molecule has 0 aliphatic heterocycles. The molecule has 0 saturated carbocycles. The molecule has 8 nitrogen and oxygen atoms in total. The van der Waals surface area contributed by atoms with Crippen LogP contribution in [0.2, 0.25) is 0 Å². The maximum absolute atomic E-state index is 11.1. The van der Waals surface area contributed by atoms with Crippen molar-refractivity contribution in [3.63, 3.8) is 0 Å². The van der Waals surface area contributed by atoms with E-state index in [9.17, 15) is 10.2 Å². The second-order valence-corrected chi connectivity index (χ2v) is 5.42. The third-order valence-corrected chi connectivity index (χ3v) is 2.78. The summed E-state index contributed by atoms with van der Waals surface area (Å²) in [5.41, 5.74) is 16.0. The van der Waals surface area contributed by atoms with Crippen molar-refractivity contribution >= 4 is 47.1 Å². The van der Waals surface area contributed by atoms with Crippen molar-refractivity contribution in [1.82, 2.24) is 10.9 Å². The Balaban J connectivity index is 0.000000483. The molecule has 0 radical (unpaired) electrons. The van der Waals surface area contributed by atoms with Crippen molar-refractivity contribution in [1.29, 1.82) is 0 Å². The van der Waals surface area contributed by atoms with E-state index in [0.717, 1.165) is 0 Å². The number of hydrazone groups is 2. The van der Waals surface area contributed by atoms with Crippen LogP contribution in [0.1, 0.15) is 11.1 Å². The van der Waals surface area contributed by atoms with Crippen LogP contribution in [0, 0.1) is 0 Å². The Morgan fingerprint density at radius 1 is 0.778 bits per heavy atom. The van der Waals surface area contributed by atoms with E-state index in [1.165, 1.54) is 24.6 Å². The summed E-state index contributed by atoms with van der Waals surface area (Å²) < 4.78 is 0. The Hall–Kier alpha value is -2.62. The number of hydrogen-bond donors (Lipinski definition) is 4. The zero-order valence-corrected chi connectivity index (χ0v) is 18.8. The van der Waals surface area contributed by atoms with Crippen molar-refractivity contribution in [2.24, 2.45) is 21.7 Å². The predicted molar refractivity (Wildman–Crippen MR) is 107 cm³/mol. The molecule has 11 heteroatoms. The molecule has 27 heavy (non-hydrogen) atoms. The maximum Gasteiger partial charge on any atom is 2.00 e. The van der Waals surface area contributed by atoms with Gasteiger partial charge in [-0.15, -0.1) is 0 Å². The van der Waals surface area contributed by atoms with Gasteiger partial charge in [0.05, 0.1) is 12.4 Å². The topological polar surface area (TPSA) is 147 Å². The number of thiocarbonyl (C=S) groups is 2. The van der Waals surface area contributed by atoms with Gasteiger partial charge in [0.1, 0.15) is 0 Å². The average molecular weight is 454 g/mol. The van der Waals surface area contributed by atoms with Gasteiger partial charge in [-0.2, -0.15) is 10.2 Å². The van der Waals surface area contributed by atoms with E-state index >= 15 is 0 Å². The largest absolute Gasteiger partial charge is 2.00 e. The monoisotopic (exact) mass is 452 g/mol. The van der Waals surface area contributed by atoms with Crippen molar-refractivity contribution in [3.05, 3.63) is 59.7 Å². The summed E-state index contributed by atoms with van der Waals surface area (Å²) in [6.07, 6.45) is 2.75. The molecule has 136 valence electrons. The summed E-state index contributed by atoms with van der Waals surface area (Å²) in [5.74, 6) is -0.174. The summed E-state index contributed by atoms with van der Waals surface area (Å²) in [7, 11) is 0. The maximum atomic E-state index is 11.1. The van der Waals surface area contributed by atoms with Gasteiger partial charge in [-0.3, -0.25) is 10.9 Å². The smallest absolute Gasteiger partial charge is 0.872 e. The standard InChI is InChI=1S/2C8H9N3OS.Zn/c2*9-8(13)11-10-5-6-3-1-2-4-7(6)12;/h2*1-5,12H,(H3,9,11,13);/q;;+2/p-2/b2*10-5+;. The average Bonchev–Trinajstić information content (AvgIpc) is 2.58. The minimum atomic E-state index is -0.0870. The molecule has 6 N–H and O–H groups in total. The third-order valence-electron chi connectivity index (χ3n) is 2.59. The van der Waals surface area contributed by atoms with E-state index in [1.807, 2.05) is 0 Å². The molecule has 0 spiro atoms. The SMILES string of the molecule is NC(=S)N/N=C/c1ccccc1[O-].NC(=S)N/N=C/c1ccccc1[O-].[Zn+2]. The number of nitrogens with two attached hydrogens (primary N) is 2. The van der Waals surface area contributed by atoms with E-state index < -0.39 is 0 Å². The first-order chi connectivity index (χ1) is 12.4. The number of nitrogens with one attached hydrogen (secondary N) is 2. The summed E-state index contributed by atoms with van der Waals surface area (Å²) in [5, 5.41) is 29.7. The van der Waals surface area contributed by atoms with Gasteiger partial charge in [-0.1, -0.05) is 60.0 Å². The molecule has 2 aromatic rings. The van der Waals surface area contributed by atoms with Gasteiger partial charge in [0.25, 0.3) is 0 Å². The molecule has 0 atom stereocenters. The molecular weight excluding hydrogens is 438 g/mol. The Morgan fingerprint density at radius 3 is 1.41 bits per heavy atom. The summed E-state index contributed by atoms with van der Waals surface area (Å²) in [4.78, 5) is 0. The van der Waals surface area contributed by atoms with Crippen LogP contribution in [0.15, 0.2) is 58.7 Å². The second-order valence-electron chi connectivity index (χ2n) is 4.54. The first-order valence-electron chi connectivity index (χ1n) is 7.09. The molecule has 0 bridgehead atoms. The minimum absolute atomic E-state index is 0. The van der Waals surface area contributed by atoms with Gasteiger partial charge in [0.15, 0.2) is 10.2 Å². The van der Waals surface area contributed by atoms with Crippen molar-refractivity contribution in [2.75, 3.05) is 0 Å². The molecule has 0 fully saturated rings. The van der Waals surface area contributed by atoms with Crippen LogP contribution in [0.5, 0.6) is 11.5 Å². The minimum Gasteiger partial charge on any atom is -0.872 e. The van der Waals surface area contributed by atoms with Crippen LogP contribution in [-0.4, -0.2) is 22.7 Å². The molecule has 0 heterocycles. The molecule has 0 aromatic heterocycles. The molecular formula is C16H16N6O2S2Zn. The number of hydrogen-bond acceptors (Lipinski definition) is 6. The fourth-order valence-electron chi connectivity index (χ4n) is 1.51. The van der Waals surface area contributed by atoms with Crippen LogP contribution < -0.4 is 32.5 Å². The quantitative estimate of drug-likeness (QED) is 0.216. The van der Waals surface area contributed by atoms with Crippen LogP contribution in [0.25, 0.3) is 0 Å². The molecule has 2 rings (SSSR count). The van der Waals surface area contributed by atoms with Crippen LogP contribution >= 0.6 is 24.4 Å². The van der Waals surface area contributed by atoms with Gasteiger partial charge in [-0.05, 0) is 35.6 Å². The van der Waals surface area contributed by atoms with E-state index in [2.05, 4.69) is 45.5 Å². The summed E-state index contributed by atoms with van der Waals surface area (Å²) in [6, 6.07) is 13.1. The first kappa shape index (κ1) is 24.4. The normalized spacial score (nSPS) is 9.78. The van der Waals surface area contributed by atoms with Gasteiger partial charge >= 0.3 is 19.5 Å². The van der Waals surface area contributed by atoms with Gasteiger partial charge < -0.3 is 21.7 Å². The predicted octanol–water partition coefficient (Wildman–Crippen LogP) is -0.148. The number of rotatable bonds is 4.